The highest BCUT2D eigenvalue weighted by Crippen LogP contribution is 2.31. The number of carboxylic acid groups (broad SMARTS) is 1. The number of nitrogens with one attached hydrogen (secondary N) is 1. The van der Waals surface area contributed by atoms with Crippen LogP contribution in [0.25, 0.3) is 22.3 Å². The number of pyridine rings is 1. The Morgan fingerprint density at radius 3 is 2.78 bits per heavy atom. The molecule has 0 aliphatic heterocycles. The van der Waals surface area contributed by atoms with Gasteiger partial charge in [0.2, 0.25) is 0 Å². The number of nitrogens with zero attached hydrogens (tertiary/aromatic N) is 3. The summed E-state index contributed by atoms with van der Waals surface area (Å²) in [6, 6.07) is 7.67. The lowest BCUT2D eigenvalue weighted by Gasteiger charge is -2.12. The van der Waals surface area contributed by atoms with E-state index in [4.69, 9.17) is 5.11 Å². The molecule has 0 fully saturated rings. The van der Waals surface area contributed by atoms with E-state index < -0.39 is 18.0 Å². The van der Waals surface area contributed by atoms with Crippen molar-refractivity contribution in [2.24, 2.45) is 7.05 Å². The number of benzene rings is 1. The van der Waals surface area contributed by atoms with E-state index in [1.807, 2.05) is 0 Å². The standard InChI is InChI=1S/C16H15FN4O2/c1-9(19-16(22)23)15-20-12-7-6-10(17)13(14(12)21(15)2)11-5-3-4-8-18-11/h3-9,19H,1-2H3,(H,22,23)/t9-/m0/s1. The predicted octanol–water partition coefficient (Wildman–Crippen LogP) is 3.10. The lowest BCUT2D eigenvalue weighted by molar-refractivity contribution is 0.190. The summed E-state index contributed by atoms with van der Waals surface area (Å²) in [5.74, 6) is 0.106. The molecule has 1 atom stereocenters. The van der Waals surface area contributed by atoms with Crippen molar-refractivity contribution < 1.29 is 14.3 Å². The van der Waals surface area contributed by atoms with Crippen molar-refractivity contribution in [1.82, 2.24) is 19.9 Å². The summed E-state index contributed by atoms with van der Waals surface area (Å²) in [7, 11) is 1.73. The SMILES string of the molecule is C[C@H](NC(=O)O)c1nc2ccc(F)c(-c3ccccn3)c2n1C. The van der Waals surface area contributed by atoms with Gasteiger partial charge in [0, 0.05) is 13.2 Å². The molecule has 118 valence electrons. The summed E-state index contributed by atoms with van der Waals surface area (Å²) >= 11 is 0. The van der Waals surface area contributed by atoms with E-state index in [1.54, 1.807) is 49.0 Å². The number of aromatic nitrogens is 3. The highest BCUT2D eigenvalue weighted by atomic mass is 19.1. The van der Waals surface area contributed by atoms with E-state index in [1.165, 1.54) is 6.07 Å². The zero-order chi connectivity index (χ0) is 16.6. The van der Waals surface area contributed by atoms with Crippen LogP contribution in [0.2, 0.25) is 0 Å². The van der Waals surface area contributed by atoms with Gasteiger partial charge in [0.1, 0.15) is 11.6 Å². The van der Waals surface area contributed by atoms with Gasteiger partial charge in [-0.3, -0.25) is 4.98 Å². The highest BCUT2D eigenvalue weighted by Gasteiger charge is 2.21. The number of imidazole rings is 1. The molecule has 6 nitrogen and oxygen atoms in total. The van der Waals surface area contributed by atoms with E-state index in [9.17, 15) is 9.18 Å². The van der Waals surface area contributed by atoms with Crippen molar-refractivity contribution in [2.45, 2.75) is 13.0 Å². The number of fused-ring (bicyclic) bond motifs is 1. The van der Waals surface area contributed by atoms with Crippen molar-refractivity contribution in [3.8, 4) is 11.3 Å². The molecule has 0 aliphatic carbocycles. The maximum absolute atomic E-state index is 14.4. The molecule has 0 spiro atoms. The summed E-state index contributed by atoms with van der Waals surface area (Å²) in [5.41, 5.74) is 2.03. The van der Waals surface area contributed by atoms with Crippen LogP contribution in [0.15, 0.2) is 36.5 Å². The van der Waals surface area contributed by atoms with Crippen molar-refractivity contribution in [2.75, 3.05) is 0 Å². The first-order valence-corrected chi connectivity index (χ1v) is 7.04. The van der Waals surface area contributed by atoms with Crippen LogP contribution in [0.1, 0.15) is 18.8 Å². The number of aryl methyl sites for hydroxylation is 1. The topological polar surface area (TPSA) is 80.0 Å². The molecule has 3 rings (SSSR count). The molecule has 7 heteroatoms. The van der Waals surface area contributed by atoms with E-state index in [2.05, 4.69) is 15.3 Å². The van der Waals surface area contributed by atoms with Crippen LogP contribution in [0.5, 0.6) is 0 Å². The zero-order valence-corrected chi connectivity index (χ0v) is 12.6. The maximum atomic E-state index is 14.4. The Morgan fingerprint density at radius 2 is 2.13 bits per heavy atom. The molecule has 0 aliphatic rings. The summed E-state index contributed by atoms with van der Waals surface area (Å²) in [6.07, 6.45) is 0.458. The predicted molar refractivity (Wildman–Crippen MR) is 83.5 cm³/mol. The average molecular weight is 314 g/mol. The molecule has 1 amide bonds. The van der Waals surface area contributed by atoms with Crippen molar-refractivity contribution in [1.29, 1.82) is 0 Å². The molecule has 0 bridgehead atoms. The lowest BCUT2D eigenvalue weighted by atomic mass is 10.1. The smallest absolute Gasteiger partial charge is 0.405 e. The van der Waals surface area contributed by atoms with Gasteiger partial charge in [-0.25, -0.2) is 14.2 Å². The molecule has 2 heterocycles. The van der Waals surface area contributed by atoms with E-state index in [0.29, 0.717) is 28.1 Å². The van der Waals surface area contributed by atoms with Crippen LogP contribution in [-0.2, 0) is 7.05 Å². The van der Waals surface area contributed by atoms with Gasteiger partial charge in [0.05, 0.1) is 28.3 Å². The fourth-order valence-corrected chi connectivity index (χ4v) is 2.69. The van der Waals surface area contributed by atoms with Crippen molar-refractivity contribution in [3.05, 3.63) is 48.2 Å². The number of halogens is 1. The molecule has 3 aromatic rings. The molecule has 0 saturated carbocycles. The average Bonchev–Trinajstić information content (AvgIpc) is 2.85. The minimum atomic E-state index is -1.14. The quantitative estimate of drug-likeness (QED) is 0.778. The Hall–Kier alpha value is -2.96. The Bertz CT molecular complexity index is 877. The fraction of sp³-hybridized carbons (Fsp3) is 0.188. The molecule has 1 aromatic carbocycles. The second-order valence-electron chi connectivity index (χ2n) is 5.21. The molecule has 0 radical (unpaired) electrons. The first-order chi connectivity index (χ1) is 11.0. The third kappa shape index (κ3) is 2.61. The van der Waals surface area contributed by atoms with Crippen molar-refractivity contribution >= 4 is 17.1 Å². The van der Waals surface area contributed by atoms with Crippen LogP contribution in [0.3, 0.4) is 0 Å². The molecule has 0 unspecified atom stereocenters. The second kappa shape index (κ2) is 5.68. The minimum absolute atomic E-state index is 0.354. The second-order valence-corrected chi connectivity index (χ2v) is 5.21. The Balaban J connectivity index is 2.24. The maximum Gasteiger partial charge on any atom is 0.405 e. The number of amides is 1. The molecule has 2 aromatic heterocycles. The molecule has 2 N–H and O–H groups in total. The van der Waals surface area contributed by atoms with Gasteiger partial charge >= 0.3 is 6.09 Å². The van der Waals surface area contributed by atoms with Gasteiger partial charge in [0.15, 0.2) is 0 Å². The largest absolute Gasteiger partial charge is 0.465 e. The molecular formula is C16H15FN4O2. The number of carbonyl (C=O) groups is 1. The van der Waals surface area contributed by atoms with Crippen LogP contribution in [-0.4, -0.2) is 25.7 Å². The van der Waals surface area contributed by atoms with Gasteiger partial charge in [-0.15, -0.1) is 0 Å². The van der Waals surface area contributed by atoms with Crippen LogP contribution >= 0.6 is 0 Å². The number of hydrogen-bond donors (Lipinski definition) is 2. The minimum Gasteiger partial charge on any atom is -0.465 e. The van der Waals surface area contributed by atoms with Gasteiger partial charge in [0.25, 0.3) is 0 Å². The molecule has 23 heavy (non-hydrogen) atoms. The number of hydrogen-bond acceptors (Lipinski definition) is 3. The first-order valence-electron chi connectivity index (χ1n) is 7.04. The van der Waals surface area contributed by atoms with E-state index >= 15 is 0 Å². The van der Waals surface area contributed by atoms with E-state index in [-0.39, 0.29) is 0 Å². The Kier molecular flexibility index (Phi) is 3.69. The lowest BCUT2D eigenvalue weighted by Crippen LogP contribution is -2.26. The first kappa shape index (κ1) is 15.0. The van der Waals surface area contributed by atoms with Gasteiger partial charge in [-0.1, -0.05) is 6.07 Å². The van der Waals surface area contributed by atoms with Crippen LogP contribution in [0.4, 0.5) is 9.18 Å². The third-order valence-corrected chi connectivity index (χ3v) is 3.67. The Morgan fingerprint density at radius 1 is 1.35 bits per heavy atom. The van der Waals surface area contributed by atoms with Gasteiger partial charge < -0.3 is 15.0 Å². The highest BCUT2D eigenvalue weighted by molar-refractivity contribution is 5.92. The fourth-order valence-electron chi connectivity index (χ4n) is 2.69. The van der Waals surface area contributed by atoms with Gasteiger partial charge in [-0.05, 0) is 31.2 Å². The molecular weight excluding hydrogens is 299 g/mol. The van der Waals surface area contributed by atoms with Gasteiger partial charge in [-0.2, -0.15) is 0 Å². The summed E-state index contributed by atoms with van der Waals surface area (Å²) in [6.45, 7) is 1.69. The van der Waals surface area contributed by atoms with E-state index in [0.717, 1.165) is 0 Å². The van der Waals surface area contributed by atoms with Crippen LogP contribution in [0, 0.1) is 5.82 Å². The van der Waals surface area contributed by atoms with Crippen LogP contribution < -0.4 is 5.32 Å². The van der Waals surface area contributed by atoms with Crippen molar-refractivity contribution in [3.63, 3.8) is 0 Å². The normalized spacial score (nSPS) is 12.3. The monoisotopic (exact) mass is 314 g/mol. The zero-order valence-electron chi connectivity index (χ0n) is 12.6. The third-order valence-electron chi connectivity index (χ3n) is 3.67. The summed E-state index contributed by atoms with van der Waals surface area (Å²) in [5, 5.41) is 11.2. The summed E-state index contributed by atoms with van der Waals surface area (Å²) < 4.78 is 16.1. The summed E-state index contributed by atoms with van der Waals surface area (Å²) in [4.78, 5) is 19.5. The number of rotatable bonds is 3. The molecule has 0 saturated heterocycles. The Labute approximate surface area is 131 Å².